The van der Waals surface area contributed by atoms with Gasteiger partial charge in [0, 0.05) is 9.77 Å². The predicted octanol–water partition coefficient (Wildman–Crippen LogP) is 2.91. The average Bonchev–Trinajstić information content (AvgIpc) is 2.55. The van der Waals surface area contributed by atoms with Crippen molar-refractivity contribution in [3.8, 4) is 0 Å². The number of aliphatic carboxylic acids is 1. The van der Waals surface area contributed by atoms with Crippen molar-refractivity contribution in [2.24, 2.45) is 0 Å². The molecule has 0 bridgehead atoms. The fraction of sp³-hybridized carbons (Fsp3) is 0.417. The third-order valence-corrected chi connectivity index (χ3v) is 4.59. The van der Waals surface area contributed by atoms with E-state index in [0.29, 0.717) is 5.02 Å². The van der Waals surface area contributed by atoms with Crippen molar-refractivity contribution < 1.29 is 9.90 Å². The normalized spacial score (nSPS) is 27.0. The van der Waals surface area contributed by atoms with E-state index in [1.54, 1.807) is 11.8 Å². The summed E-state index contributed by atoms with van der Waals surface area (Å²) in [6.45, 7) is 3.89. The number of carboxylic acid groups (broad SMARTS) is 1. The highest BCUT2D eigenvalue weighted by Gasteiger charge is 2.45. The molecule has 0 amide bonds. The molecule has 1 heterocycles. The third kappa shape index (κ3) is 2.59. The molecular formula is C12H14ClNO2S. The van der Waals surface area contributed by atoms with Gasteiger partial charge in [0.05, 0.1) is 5.37 Å². The van der Waals surface area contributed by atoms with Gasteiger partial charge in [-0.15, -0.1) is 11.8 Å². The lowest BCUT2D eigenvalue weighted by Gasteiger charge is -2.20. The van der Waals surface area contributed by atoms with Crippen LogP contribution in [-0.4, -0.2) is 21.9 Å². The molecule has 1 aliphatic heterocycles. The van der Waals surface area contributed by atoms with E-state index in [4.69, 9.17) is 16.7 Å². The Hall–Kier alpha value is -0.710. The van der Waals surface area contributed by atoms with Crippen LogP contribution in [0.3, 0.4) is 0 Å². The van der Waals surface area contributed by atoms with Gasteiger partial charge >= 0.3 is 5.97 Å². The molecular weight excluding hydrogens is 258 g/mol. The maximum absolute atomic E-state index is 11.2. The number of halogens is 1. The maximum atomic E-state index is 11.2. The van der Waals surface area contributed by atoms with Crippen molar-refractivity contribution in [1.29, 1.82) is 0 Å². The van der Waals surface area contributed by atoms with Crippen molar-refractivity contribution in [3.05, 3.63) is 34.9 Å². The molecule has 1 aliphatic rings. The Morgan fingerprint density at radius 1 is 1.41 bits per heavy atom. The fourth-order valence-electron chi connectivity index (χ4n) is 1.93. The molecule has 3 nitrogen and oxygen atoms in total. The van der Waals surface area contributed by atoms with E-state index >= 15 is 0 Å². The van der Waals surface area contributed by atoms with Crippen LogP contribution in [0.5, 0.6) is 0 Å². The van der Waals surface area contributed by atoms with E-state index < -0.39 is 12.0 Å². The second-order valence-corrected chi connectivity index (χ2v) is 6.79. The van der Waals surface area contributed by atoms with Crippen molar-refractivity contribution in [2.45, 2.75) is 30.0 Å². The third-order valence-electron chi connectivity index (χ3n) is 2.85. The molecule has 2 atom stereocenters. The lowest BCUT2D eigenvalue weighted by molar-refractivity contribution is -0.139. The van der Waals surface area contributed by atoms with Crippen molar-refractivity contribution in [2.75, 3.05) is 0 Å². The van der Waals surface area contributed by atoms with E-state index in [-0.39, 0.29) is 10.1 Å². The van der Waals surface area contributed by atoms with Gasteiger partial charge < -0.3 is 5.11 Å². The van der Waals surface area contributed by atoms with E-state index in [2.05, 4.69) is 5.32 Å². The summed E-state index contributed by atoms with van der Waals surface area (Å²) in [6.07, 6.45) is 0. The van der Waals surface area contributed by atoms with Gasteiger partial charge in [0.15, 0.2) is 0 Å². The first-order valence-corrected chi connectivity index (χ1v) is 6.58. The molecule has 2 N–H and O–H groups in total. The van der Waals surface area contributed by atoms with E-state index in [9.17, 15) is 4.79 Å². The second kappa shape index (κ2) is 4.52. The number of nitrogens with one attached hydrogen (secondary N) is 1. The molecule has 2 rings (SSSR count). The molecule has 0 aromatic heterocycles. The highest BCUT2D eigenvalue weighted by atomic mass is 35.5. The molecule has 0 spiro atoms. The smallest absolute Gasteiger partial charge is 0.322 e. The van der Waals surface area contributed by atoms with Gasteiger partial charge in [0.2, 0.25) is 0 Å². The van der Waals surface area contributed by atoms with Crippen LogP contribution in [0.1, 0.15) is 24.8 Å². The molecule has 1 fully saturated rings. The highest BCUT2D eigenvalue weighted by molar-refractivity contribution is 8.01. The molecule has 1 aromatic carbocycles. The second-order valence-electron chi connectivity index (χ2n) is 4.59. The summed E-state index contributed by atoms with van der Waals surface area (Å²) in [5, 5.41) is 13.0. The molecule has 5 heteroatoms. The maximum Gasteiger partial charge on any atom is 0.322 e. The zero-order chi connectivity index (χ0) is 12.6. The van der Waals surface area contributed by atoms with Crippen molar-refractivity contribution in [1.82, 2.24) is 5.32 Å². The number of benzene rings is 1. The van der Waals surface area contributed by atoms with Gasteiger partial charge in [-0.2, -0.15) is 0 Å². The molecule has 1 aromatic rings. The standard InChI is InChI=1S/C12H14ClNO2S/c1-12(2)9(11(15)16)14-10(17-12)7-3-5-8(13)6-4-7/h3-6,9-10,14H,1-2H3,(H,15,16). The van der Waals surface area contributed by atoms with Gasteiger partial charge in [-0.3, -0.25) is 10.1 Å². The van der Waals surface area contributed by atoms with Crippen LogP contribution in [-0.2, 0) is 4.79 Å². The highest BCUT2D eigenvalue weighted by Crippen LogP contribution is 2.45. The van der Waals surface area contributed by atoms with Crippen LogP contribution in [0.2, 0.25) is 5.02 Å². The number of carbonyl (C=O) groups is 1. The summed E-state index contributed by atoms with van der Waals surface area (Å²) in [6, 6.07) is 6.95. The number of thioether (sulfide) groups is 1. The van der Waals surface area contributed by atoms with Crippen LogP contribution in [0, 0.1) is 0 Å². The Bertz CT molecular complexity index is 433. The summed E-state index contributed by atoms with van der Waals surface area (Å²) in [5.41, 5.74) is 1.05. The minimum atomic E-state index is -0.807. The first-order chi connectivity index (χ1) is 7.90. The van der Waals surface area contributed by atoms with Gasteiger partial charge in [0.1, 0.15) is 6.04 Å². The van der Waals surface area contributed by atoms with Crippen LogP contribution < -0.4 is 5.32 Å². The molecule has 0 radical (unpaired) electrons. The van der Waals surface area contributed by atoms with Crippen LogP contribution in [0.4, 0.5) is 0 Å². The summed E-state index contributed by atoms with van der Waals surface area (Å²) in [7, 11) is 0. The van der Waals surface area contributed by atoms with Crippen LogP contribution in [0.15, 0.2) is 24.3 Å². The monoisotopic (exact) mass is 271 g/mol. The van der Waals surface area contributed by atoms with Crippen molar-refractivity contribution in [3.63, 3.8) is 0 Å². The lowest BCUT2D eigenvalue weighted by atomic mass is 10.0. The summed E-state index contributed by atoms with van der Waals surface area (Å²) in [5.74, 6) is -0.807. The molecule has 2 unspecified atom stereocenters. The Kier molecular flexibility index (Phi) is 3.39. The van der Waals surface area contributed by atoms with Crippen LogP contribution in [0.25, 0.3) is 0 Å². The summed E-state index contributed by atoms with van der Waals surface area (Å²) in [4.78, 5) is 11.2. The van der Waals surface area contributed by atoms with Crippen LogP contribution >= 0.6 is 23.4 Å². The summed E-state index contributed by atoms with van der Waals surface area (Å²) < 4.78 is -0.323. The van der Waals surface area contributed by atoms with E-state index in [1.165, 1.54) is 0 Å². The number of rotatable bonds is 2. The Morgan fingerprint density at radius 3 is 2.47 bits per heavy atom. The molecule has 1 saturated heterocycles. The minimum absolute atomic E-state index is 0.00312. The summed E-state index contributed by atoms with van der Waals surface area (Å²) >= 11 is 7.46. The fourth-order valence-corrected chi connectivity index (χ4v) is 3.46. The van der Waals surface area contributed by atoms with E-state index in [0.717, 1.165) is 5.56 Å². The van der Waals surface area contributed by atoms with Gasteiger partial charge in [-0.1, -0.05) is 23.7 Å². The first-order valence-electron chi connectivity index (χ1n) is 5.32. The van der Waals surface area contributed by atoms with Gasteiger partial charge in [-0.05, 0) is 31.5 Å². The predicted molar refractivity (Wildman–Crippen MR) is 70.4 cm³/mol. The quantitative estimate of drug-likeness (QED) is 0.868. The van der Waals surface area contributed by atoms with Gasteiger partial charge in [-0.25, -0.2) is 0 Å². The molecule has 0 aliphatic carbocycles. The number of hydrogen-bond donors (Lipinski definition) is 2. The molecule has 17 heavy (non-hydrogen) atoms. The molecule has 92 valence electrons. The SMILES string of the molecule is CC1(C)SC(c2ccc(Cl)cc2)NC1C(=O)O. The lowest BCUT2D eigenvalue weighted by Crippen LogP contribution is -2.43. The van der Waals surface area contributed by atoms with E-state index in [1.807, 2.05) is 38.1 Å². The minimum Gasteiger partial charge on any atom is -0.480 e. The molecule has 0 saturated carbocycles. The average molecular weight is 272 g/mol. The largest absolute Gasteiger partial charge is 0.480 e. The zero-order valence-electron chi connectivity index (χ0n) is 9.61. The first kappa shape index (κ1) is 12.7. The number of hydrogen-bond acceptors (Lipinski definition) is 3. The Morgan fingerprint density at radius 2 is 2.00 bits per heavy atom. The topological polar surface area (TPSA) is 49.3 Å². The number of carboxylic acids is 1. The zero-order valence-corrected chi connectivity index (χ0v) is 11.2. The van der Waals surface area contributed by atoms with Gasteiger partial charge in [0.25, 0.3) is 0 Å². The Balaban J connectivity index is 2.21. The van der Waals surface area contributed by atoms with Crippen molar-refractivity contribution >= 4 is 29.3 Å². The Labute approximate surface area is 110 Å².